The number of rotatable bonds is 4. The lowest BCUT2D eigenvalue weighted by Gasteiger charge is -2.21. The van der Waals surface area contributed by atoms with Gasteiger partial charge in [0.15, 0.2) is 0 Å². The Morgan fingerprint density at radius 2 is 1.50 bits per heavy atom. The third kappa shape index (κ3) is 4.81. The molecule has 0 atom stereocenters. The molecule has 0 unspecified atom stereocenters. The Hall–Kier alpha value is -1.94. The summed E-state index contributed by atoms with van der Waals surface area (Å²) in [7, 11) is 0. The van der Waals surface area contributed by atoms with Gasteiger partial charge in [-0.15, -0.1) is 24.8 Å². The van der Waals surface area contributed by atoms with Crippen molar-refractivity contribution in [2.75, 3.05) is 0 Å². The van der Waals surface area contributed by atoms with Gasteiger partial charge in [-0.2, -0.15) is 0 Å². The van der Waals surface area contributed by atoms with Crippen molar-refractivity contribution in [3.05, 3.63) is 90.4 Å². The van der Waals surface area contributed by atoms with Crippen LogP contribution in [0, 0.1) is 0 Å². The molecule has 0 saturated carbocycles. The van der Waals surface area contributed by atoms with E-state index in [0.717, 1.165) is 16.8 Å². The summed E-state index contributed by atoms with van der Waals surface area (Å²) in [4.78, 5) is 5.75. The van der Waals surface area contributed by atoms with Crippen LogP contribution in [0.3, 0.4) is 0 Å². The molecule has 1 heterocycles. The number of hydroxylamine groups is 2. The van der Waals surface area contributed by atoms with Crippen molar-refractivity contribution < 1.29 is 4.84 Å². The lowest BCUT2D eigenvalue weighted by atomic mass is 10.1. The highest BCUT2D eigenvalue weighted by Crippen LogP contribution is 2.16. The Labute approximate surface area is 143 Å². The average molecular weight is 337 g/mol. The summed E-state index contributed by atoms with van der Waals surface area (Å²) in [5, 5.41) is 4.95. The molecule has 0 radical (unpaired) electrons. The fourth-order valence-electron chi connectivity index (χ4n) is 1.99. The summed E-state index contributed by atoms with van der Waals surface area (Å²) in [6, 6.07) is 20.3. The quantitative estimate of drug-likeness (QED) is 0.898. The molecule has 0 spiro atoms. The Kier molecular flexibility index (Phi) is 7.54. The predicted molar refractivity (Wildman–Crippen MR) is 94.3 cm³/mol. The van der Waals surface area contributed by atoms with Crippen molar-refractivity contribution in [1.82, 2.24) is 10.4 Å². The van der Waals surface area contributed by atoms with Crippen molar-refractivity contribution in [2.24, 2.45) is 0 Å². The molecule has 0 fully saturated rings. The first-order chi connectivity index (χ1) is 9.92. The van der Waals surface area contributed by atoms with Crippen molar-refractivity contribution in [3.63, 3.8) is 0 Å². The molecule has 0 saturated heterocycles. The predicted octanol–water partition coefficient (Wildman–Crippen LogP) is 4.34. The number of benzene rings is 2. The molecule has 2 aromatic carbocycles. The lowest BCUT2D eigenvalue weighted by molar-refractivity contribution is -0.0943. The Balaban J connectivity index is 0.00000121. The Morgan fingerprint density at radius 3 is 2.18 bits per heavy atom. The maximum absolute atomic E-state index is 5.75. The van der Waals surface area contributed by atoms with Crippen LogP contribution in [0.15, 0.2) is 79.3 Å². The monoisotopic (exact) mass is 336 g/mol. The summed E-state index contributed by atoms with van der Waals surface area (Å²) >= 11 is 0. The van der Waals surface area contributed by atoms with E-state index in [9.17, 15) is 0 Å². The molecule has 2 aromatic rings. The summed E-state index contributed by atoms with van der Waals surface area (Å²) in [6.07, 6.45) is 5.67. The maximum Gasteiger partial charge on any atom is 0.100 e. The molecule has 3 nitrogen and oxygen atoms in total. The second-order valence-corrected chi connectivity index (χ2v) is 4.49. The molecule has 0 bridgehead atoms. The van der Waals surface area contributed by atoms with E-state index < -0.39 is 0 Å². The number of hydrogen-bond donors (Lipinski definition) is 1. The van der Waals surface area contributed by atoms with E-state index in [2.05, 4.69) is 17.4 Å². The van der Waals surface area contributed by atoms with Gasteiger partial charge in [0.2, 0.25) is 0 Å². The van der Waals surface area contributed by atoms with Crippen LogP contribution in [0.2, 0.25) is 0 Å². The van der Waals surface area contributed by atoms with Gasteiger partial charge in [0.25, 0.3) is 0 Å². The molecule has 1 aliphatic heterocycles. The minimum absolute atomic E-state index is 0. The third-order valence-electron chi connectivity index (χ3n) is 3.02. The smallest absolute Gasteiger partial charge is 0.100 e. The van der Waals surface area contributed by atoms with Gasteiger partial charge in [-0.1, -0.05) is 60.7 Å². The van der Waals surface area contributed by atoms with Crippen LogP contribution in [-0.4, -0.2) is 5.06 Å². The van der Waals surface area contributed by atoms with Crippen molar-refractivity contribution in [2.45, 2.75) is 6.61 Å². The third-order valence-corrected chi connectivity index (χ3v) is 3.02. The first-order valence-corrected chi connectivity index (χ1v) is 6.57. The fourth-order valence-corrected chi connectivity index (χ4v) is 1.99. The van der Waals surface area contributed by atoms with Crippen LogP contribution in [0.5, 0.6) is 0 Å². The highest BCUT2D eigenvalue weighted by molar-refractivity contribution is 5.85. The molecule has 0 aromatic heterocycles. The van der Waals surface area contributed by atoms with Gasteiger partial charge < -0.3 is 5.32 Å². The summed E-state index contributed by atoms with van der Waals surface area (Å²) in [6.45, 7) is 0.545. The highest BCUT2D eigenvalue weighted by Gasteiger charge is 2.07. The van der Waals surface area contributed by atoms with E-state index in [1.54, 1.807) is 5.06 Å². The van der Waals surface area contributed by atoms with E-state index >= 15 is 0 Å². The van der Waals surface area contributed by atoms with Crippen LogP contribution in [0.25, 0.3) is 5.70 Å². The van der Waals surface area contributed by atoms with E-state index in [0.29, 0.717) is 6.61 Å². The molecule has 22 heavy (non-hydrogen) atoms. The Morgan fingerprint density at radius 1 is 0.864 bits per heavy atom. The van der Waals surface area contributed by atoms with E-state index in [-0.39, 0.29) is 24.8 Å². The fraction of sp³-hybridized carbons (Fsp3) is 0.0588. The normalized spacial score (nSPS) is 12.5. The largest absolute Gasteiger partial charge is 0.358 e. The molecular formula is C17H18Cl2N2O. The first-order valence-electron chi connectivity index (χ1n) is 6.57. The Bertz CT molecular complexity index is 615. The molecule has 0 amide bonds. The van der Waals surface area contributed by atoms with Gasteiger partial charge in [0.05, 0.1) is 11.9 Å². The second-order valence-electron chi connectivity index (χ2n) is 4.49. The van der Waals surface area contributed by atoms with Crippen molar-refractivity contribution in [1.29, 1.82) is 0 Å². The van der Waals surface area contributed by atoms with Crippen LogP contribution in [0.4, 0.5) is 0 Å². The first kappa shape index (κ1) is 18.1. The number of nitrogens with one attached hydrogen (secondary N) is 1. The average Bonchev–Trinajstić information content (AvgIpc) is 2.55. The van der Waals surface area contributed by atoms with Crippen molar-refractivity contribution in [3.8, 4) is 0 Å². The van der Waals surface area contributed by atoms with Gasteiger partial charge in [0, 0.05) is 12.4 Å². The maximum atomic E-state index is 5.75. The van der Waals surface area contributed by atoms with E-state index in [1.807, 2.05) is 67.1 Å². The zero-order valence-electron chi connectivity index (χ0n) is 11.9. The number of hydrogen-bond acceptors (Lipinski definition) is 3. The van der Waals surface area contributed by atoms with Gasteiger partial charge in [0.1, 0.15) is 6.61 Å². The van der Waals surface area contributed by atoms with E-state index in [1.165, 1.54) is 0 Å². The van der Waals surface area contributed by atoms with Crippen LogP contribution < -0.4 is 5.32 Å². The molecule has 3 rings (SSSR count). The van der Waals surface area contributed by atoms with Gasteiger partial charge in [-0.05, 0) is 11.1 Å². The molecule has 1 aliphatic rings. The summed E-state index contributed by atoms with van der Waals surface area (Å²) < 4.78 is 0. The van der Waals surface area contributed by atoms with Gasteiger partial charge >= 0.3 is 0 Å². The second kappa shape index (κ2) is 9.15. The zero-order chi connectivity index (χ0) is 13.6. The minimum Gasteiger partial charge on any atom is -0.358 e. The van der Waals surface area contributed by atoms with Crippen LogP contribution >= 0.6 is 24.8 Å². The molecule has 0 aliphatic carbocycles. The zero-order valence-corrected chi connectivity index (χ0v) is 13.5. The molecule has 116 valence electrons. The van der Waals surface area contributed by atoms with Crippen LogP contribution in [0.1, 0.15) is 11.1 Å². The van der Waals surface area contributed by atoms with Crippen LogP contribution in [-0.2, 0) is 11.4 Å². The molecule has 5 heteroatoms. The molecule has 1 N–H and O–H groups in total. The summed E-state index contributed by atoms with van der Waals surface area (Å²) in [5.74, 6) is 0. The molecular weight excluding hydrogens is 319 g/mol. The van der Waals surface area contributed by atoms with E-state index in [4.69, 9.17) is 4.84 Å². The van der Waals surface area contributed by atoms with Gasteiger partial charge in [-0.25, -0.2) is 5.06 Å². The SMILES string of the molecule is C1=CN(OCc2ccccc2)C=C(c2ccccc2)N1.Cl.Cl. The number of halogens is 2. The lowest BCUT2D eigenvalue weighted by Crippen LogP contribution is -2.20. The standard InChI is InChI=1S/C17H16N2O.2ClH/c1-3-7-15(8-4-1)14-20-19-12-11-18-17(13-19)16-9-5-2-6-10-16;;/h1-13,18H,14H2;2*1H. The number of nitrogens with zero attached hydrogens (tertiary/aromatic N) is 1. The highest BCUT2D eigenvalue weighted by atomic mass is 35.5. The van der Waals surface area contributed by atoms with Gasteiger partial charge in [-0.3, -0.25) is 4.84 Å². The summed E-state index contributed by atoms with van der Waals surface area (Å²) in [5.41, 5.74) is 3.29. The minimum atomic E-state index is 0. The van der Waals surface area contributed by atoms with Crippen molar-refractivity contribution >= 4 is 30.5 Å². The topological polar surface area (TPSA) is 24.5 Å².